The van der Waals surface area contributed by atoms with Gasteiger partial charge in [0.2, 0.25) is 0 Å². The monoisotopic (exact) mass is 250 g/mol. The standard InChI is InChI=1S/C11H14.C3H8.2C2H6/c1-8-7-10-5-3-4-6-11(10)9(8)2;1-3-2;2*1-2/h3-6,8-9H,7H2,1-2H3;3H2,1-2H3;2*1-2H3. The summed E-state index contributed by atoms with van der Waals surface area (Å²) >= 11 is 0. The van der Waals surface area contributed by atoms with Gasteiger partial charge in [0.1, 0.15) is 0 Å². The van der Waals surface area contributed by atoms with Crippen molar-refractivity contribution in [1.29, 1.82) is 0 Å². The quantitative estimate of drug-likeness (QED) is 0.496. The number of benzene rings is 1. The minimum Gasteiger partial charge on any atom is -0.0683 e. The fourth-order valence-electron chi connectivity index (χ4n) is 1.99. The number of hydrogen-bond acceptors (Lipinski definition) is 0. The molecule has 2 atom stereocenters. The maximum absolute atomic E-state index is 2.34. The van der Waals surface area contributed by atoms with Crippen molar-refractivity contribution in [3.8, 4) is 0 Å². The third kappa shape index (κ3) is 6.23. The van der Waals surface area contributed by atoms with E-state index in [2.05, 4.69) is 52.0 Å². The van der Waals surface area contributed by atoms with Crippen molar-refractivity contribution in [3.05, 3.63) is 35.4 Å². The lowest BCUT2D eigenvalue weighted by Gasteiger charge is -2.08. The van der Waals surface area contributed by atoms with Crippen LogP contribution < -0.4 is 0 Å². The molecule has 0 saturated heterocycles. The van der Waals surface area contributed by atoms with Crippen LogP contribution in [0, 0.1) is 5.92 Å². The van der Waals surface area contributed by atoms with Crippen molar-refractivity contribution in [3.63, 3.8) is 0 Å². The molecule has 1 aliphatic carbocycles. The first kappa shape index (κ1) is 19.6. The Morgan fingerprint density at radius 3 is 1.83 bits per heavy atom. The first-order valence-corrected chi connectivity index (χ1v) is 7.78. The Kier molecular flexibility index (Phi) is 13.8. The third-order valence-corrected chi connectivity index (χ3v) is 2.94. The zero-order valence-electron chi connectivity index (χ0n) is 13.9. The molecule has 0 bridgehead atoms. The average molecular weight is 250 g/mol. The van der Waals surface area contributed by atoms with E-state index in [1.165, 1.54) is 12.8 Å². The number of fused-ring (bicyclic) bond motifs is 1. The van der Waals surface area contributed by atoms with Gasteiger partial charge in [-0.05, 0) is 29.4 Å². The molecular weight excluding hydrogens is 216 g/mol. The molecule has 0 amide bonds. The van der Waals surface area contributed by atoms with Crippen LogP contribution in [0.1, 0.15) is 78.9 Å². The lowest BCUT2D eigenvalue weighted by Crippen LogP contribution is -1.97. The summed E-state index contributed by atoms with van der Waals surface area (Å²) in [5.41, 5.74) is 3.13. The van der Waals surface area contributed by atoms with Gasteiger partial charge in [-0.1, -0.05) is 86.1 Å². The Hall–Kier alpha value is -0.780. The topological polar surface area (TPSA) is 0 Å². The van der Waals surface area contributed by atoms with Crippen molar-refractivity contribution in [2.24, 2.45) is 5.92 Å². The van der Waals surface area contributed by atoms with Crippen molar-refractivity contribution < 1.29 is 0 Å². The maximum atomic E-state index is 2.34. The third-order valence-electron chi connectivity index (χ3n) is 2.94. The summed E-state index contributed by atoms with van der Waals surface area (Å²) < 4.78 is 0. The van der Waals surface area contributed by atoms with Crippen LogP contribution in [0.15, 0.2) is 24.3 Å². The highest BCUT2D eigenvalue weighted by Crippen LogP contribution is 2.36. The molecule has 2 unspecified atom stereocenters. The van der Waals surface area contributed by atoms with Gasteiger partial charge in [-0.15, -0.1) is 0 Å². The molecule has 0 fully saturated rings. The van der Waals surface area contributed by atoms with E-state index < -0.39 is 0 Å². The van der Waals surface area contributed by atoms with E-state index in [1.54, 1.807) is 11.1 Å². The van der Waals surface area contributed by atoms with Crippen LogP contribution in [0.25, 0.3) is 0 Å². The Morgan fingerprint density at radius 1 is 0.944 bits per heavy atom. The van der Waals surface area contributed by atoms with Crippen molar-refractivity contribution in [2.45, 2.75) is 74.1 Å². The van der Waals surface area contributed by atoms with Crippen LogP contribution in [0.5, 0.6) is 0 Å². The van der Waals surface area contributed by atoms with E-state index in [1.807, 2.05) is 27.7 Å². The van der Waals surface area contributed by atoms with E-state index in [-0.39, 0.29) is 0 Å². The minimum atomic E-state index is 0.770. The van der Waals surface area contributed by atoms with Crippen LogP contribution in [-0.4, -0.2) is 0 Å². The number of rotatable bonds is 0. The Labute approximate surface area is 116 Å². The molecule has 0 nitrogen and oxygen atoms in total. The Morgan fingerprint density at radius 2 is 1.39 bits per heavy atom. The van der Waals surface area contributed by atoms with E-state index in [0.29, 0.717) is 0 Å². The highest BCUT2D eigenvalue weighted by molar-refractivity contribution is 5.35. The molecule has 2 rings (SSSR count). The van der Waals surface area contributed by atoms with E-state index in [9.17, 15) is 0 Å². The molecule has 0 aliphatic heterocycles. The second-order valence-electron chi connectivity index (χ2n) is 4.38. The van der Waals surface area contributed by atoms with Gasteiger partial charge in [0.15, 0.2) is 0 Å². The summed E-state index contributed by atoms with van der Waals surface area (Å²) in [6, 6.07) is 8.82. The second kappa shape index (κ2) is 12.7. The first-order chi connectivity index (χ1) is 8.70. The summed E-state index contributed by atoms with van der Waals surface area (Å²) in [5, 5.41) is 0. The number of hydrogen-bond donors (Lipinski definition) is 0. The lowest BCUT2D eigenvalue weighted by molar-refractivity contribution is 0.532. The predicted octanol–water partition coefficient (Wildman–Crippen LogP) is 6.45. The SMILES string of the molecule is CC.CC.CC1Cc2ccccc2C1C.CCC. The Bertz CT molecular complexity index is 275. The molecule has 0 heteroatoms. The molecule has 106 valence electrons. The largest absolute Gasteiger partial charge is 0.0683 e. The molecule has 0 saturated carbocycles. The zero-order chi connectivity index (χ0) is 14.6. The molecule has 0 aromatic heterocycles. The van der Waals surface area contributed by atoms with Crippen molar-refractivity contribution >= 4 is 0 Å². The highest BCUT2D eigenvalue weighted by Gasteiger charge is 2.24. The van der Waals surface area contributed by atoms with Gasteiger partial charge in [0.25, 0.3) is 0 Å². The molecule has 0 radical (unpaired) electrons. The highest BCUT2D eigenvalue weighted by atomic mass is 14.3. The fourth-order valence-corrected chi connectivity index (χ4v) is 1.99. The van der Waals surface area contributed by atoms with E-state index in [0.717, 1.165) is 11.8 Å². The van der Waals surface area contributed by atoms with Gasteiger partial charge in [0.05, 0.1) is 0 Å². The predicted molar refractivity (Wildman–Crippen MR) is 86.4 cm³/mol. The Balaban J connectivity index is 0. The van der Waals surface area contributed by atoms with Crippen LogP contribution in [0.4, 0.5) is 0 Å². The van der Waals surface area contributed by atoms with Gasteiger partial charge in [-0.2, -0.15) is 0 Å². The summed E-state index contributed by atoms with van der Waals surface area (Å²) in [6.45, 7) is 16.9. The zero-order valence-corrected chi connectivity index (χ0v) is 13.9. The van der Waals surface area contributed by atoms with Gasteiger partial charge < -0.3 is 0 Å². The van der Waals surface area contributed by atoms with Crippen LogP contribution >= 0.6 is 0 Å². The second-order valence-corrected chi connectivity index (χ2v) is 4.38. The van der Waals surface area contributed by atoms with Gasteiger partial charge in [-0.3, -0.25) is 0 Å². The van der Waals surface area contributed by atoms with E-state index >= 15 is 0 Å². The fraction of sp³-hybridized carbons (Fsp3) is 0.667. The lowest BCUT2D eigenvalue weighted by atomic mass is 9.97. The van der Waals surface area contributed by atoms with Crippen LogP contribution in [-0.2, 0) is 6.42 Å². The van der Waals surface area contributed by atoms with Gasteiger partial charge in [-0.25, -0.2) is 0 Å². The summed E-state index contributed by atoms with van der Waals surface area (Å²) in [5.74, 6) is 1.61. The molecule has 1 aromatic carbocycles. The summed E-state index contributed by atoms with van der Waals surface area (Å²) in [7, 11) is 0. The minimum absolute atomic E-state index is 0.770. The smallest absolute Gasteiger partial charge is 0.0159 e. The summed E-state index contributed by atoms with van der Waals surface area (Å²) in [6.07, 6.45) is 2.53. The van der Waals surface area contributed by atoms with Crippen molar-refractivity contribution in [1.82, 2.24) is 0 Å². The molecule has 0 spiro atoms. The van der Waals surface area contributed by atoms with Crippen LogP contribution in [0.2, 0.25) is 0 Å². The first-order valence-electron chi connectivity index (χ1n) is 7.78. The van der Waals surface area contributed by atoms with E-state index in [4.69, 9.17) is 0 Å². The molecule has 1 aromatic rings. The average Bonchev–Trinajstić information content (AvgIpc) is 2.71. The maximum Gasteiger partial charge on any atom is -0.0159 e. The van der Waals surface area contributed by atoms with Crippen LogP contribution in [0.3, 0.4) is 0 Å². The normalized spacial score (nSPS) is 19.1. The molecule has 1 aliphatic rings. The van der Waals surface area contributed by atoms with Crippen molar-refractivity contribution in [2.75, 3.05) is 0 Å². The molecular formula is C18H34. The molecule has 18 heavy (non-hydrogen) atoms. The van der Waals surface area contributed by atoms with Gasteiger partial charge in [0, 0.05) is 0 Å². The molecule has 0 heterocycles. The molecule has 0 N–H and O–H groups in total. The summed E-state index contributed by atoms with van der Waals surface area (Å²) in [4.78, 5) is 0. The van der Waals surface area contributed by atoms with Gasteiger partial charge >= 0.3 is 0 Å².